The second-order valence-corrected chi connectivity index (χ2v) is 3.56. The molecule has 5 heteroatoms. The quantitative estimate of drug-likeness (QED) is 0.692. The predicted molar refractivity (Wildman–Crippen MR) is 51.3 cm³/mol. The van der Waals surface area contributed by atoms with E-state index in [1.54, 1.807) is 0 Å². The first-order valence-corrected chi connectivity index (χ1v) is 4.64. The number of nitrogens with two attached hydrogens (primary N) is 1. The third-order valence-electron chi connectivity index (χ3n) is 2.34. The third kappa shape index (κ3) is 1.63. The zero-order valence-corrected chi connectivity index (χ0v) is 8.06. The molecule has 1 aromatic heterocycles. The maximum Gasteiger partial charge on any atom is 0.297 e. The molecule has 2 rings (SSSR count). The normalized spacial score (nSPS) is 21.6. The maximum atomic E-state index is 11.0. The van der Waals surface area contributed by atoms with Crippen LogP contribution in [0.5, 0.6) is 0 Å². The van der Waals surface area contributed by atoms with Crippen molar-refractivity contribution in [3.8, 4) is 0 Å². The highest BCUT2D eigenvalue weighted by molar-refractivity contribution is 5.91. The van der Waals surface area contributed by atoms with Crippen LogP contribution < -0.4 is 10.6 Å². The van der Waals surface area contributed by atoms with E-state index in [4.69, 9.17) is 10.2 Å². The maximum absolute atomic E-state index is 11.0. The van der Waals surface area contributed by atoms with Crippen LogP contribution >= 0.6 is 0 Å². The number of rotatable bonds is 2. The fourth-order valence-corrected chi connectivity index (χ4v) is 1.53. The van der Waals surface area contributed by atoms with Crippen LogP contribution in [0, 0.1) is 0 Å². The number of oxazole rings is 1. The summed E-state index contributed by atoms with van der Waals surface area (Å²) >= 11 is 0. The highest BCUT2D eigenvalue weighted by atomic mass is 16.4. The van der Waals surface area contributed by atoms with Crippen molar-refractivity contribution in [2.75, 3.05) is 18.0 Å². The van der Waals surface area contributed by atoms with E-state index in [1.807, 2.05) is 4.90 Å². The van der Waals surface area contributed by atoms with Crippen LogP contribution in [0.3, 0.4) is 0 Å². The van der Waals surface area contributed by atoms with Crippen LogP contribution in [0.1, 0.15) is 23.9 Å². The average Bonchev–Trinajstić information content (AvgIpc) is 2.70. The van der Waals surface area contributed by atoms with Gasteiger partial charge < -0.3 is 15.1 Å². The van der Waals surface area contributed by atoms with Gasteiger partial charge in [0.2, 0.25) is 0 Å². The van der Waals surface area contributed by atoms with Gasteiger partial charge in [-0.15, -0.1) is 0 Å². The third-order valence-corrected chi connectivity index (χ3v) is 2.34. The van der Waals surface area contributed by atoms with Crippen LogP contribution in [0.15, 0.2) is 10.6 Å². The summed E-state index contributed by atoms with van der Waals surface area (Å²) in [5.41, 5.74) is 5.75. The molecule has 1 saturated heterocycles. The molecular formula is C9H13N3O2. The summed E-state index contributed by atoms with van der Waals surface area (Å²) < 4.78 is 5.29. The van der Waals surface area contributed by atoms with E-state index in [0.29, 0.717) is 11.8 Å². The SMILES string of the molecule is CC(=O)c1cnc(N2CCC(N)C2)o1. The zero-order chi connectivity index (χ0) is 10.1. The van der Waals surface area contributed by atoms with Crippen LogP contribution in [-0.4, -0.2) is 29.9 Å². The Morgan fingerprint density at radius 1 is 1.79 bits per heavy atom. The molecular weight excluding hydrogens is 182 g/mol. The second kappa shape index (κ2) is 3.42. The Kier molecular flexibility index (Phi) is 2.25. The first kappa shape index (κ1) is 9.21. The van der Waals surface area contributed by atoms with E-state index in [9.17, 15) is 4.79 Å². The number of carbonyl (C=O) groups is 1. The summed E-state index contributed by atoms with van der Waals surface area (Å²) in [5.74, 6) is 0.202. The summed E-state index contributed by atoms with van der Waals surface area (Å²) in [4.78, 5) is 17.0. The van der Waals surface area contributed by atoms with Crippen molar-refractivity contribution >= 4 is 11.8 Å². The monoisotopic (exact) mass is 195 g/mol. The van der Waals surface area contributed by atoms with Crippen molar-refractivity contribution in [2.24, 2.45) is 5.73 Å². The van der Waals surface area contributed by atoms with Crippen molar-refractivity contribution in [1.82, 2.24) is 4.98 Å². The lowest BCUT2D eigenvalue weighted by Crippen LogP contribution is -2.26. The molecule has 1 aromatic rings. The van der Waals surface area contributed by atoms with Crippen LogP contribution in [0.2, 0.25) is 0 Å². The lowest BCUT2D eigenvalue weighted by atomic mass is 10.3. The Balaban J connectivity index is 2.13. The first-order chi connectivity index (χ1) is 6.66. The fraction of sp³-hybridized carbons (Fsp3) is 0.556. The van der Waals surface area contributed by atoms with E-state index in [2.05, 4.69) is 4.98 Å². The lowest BCUT2D eigenvalue weighted by Gasteiger charge is -2.11. The number of nitrogens with zero attached hydrogens (tertiary/aromatic N) is 2. The van der Waals surface area contributed by atoms with E-state index in [1.165, 1.54) is 13.1 Å². The van der Waals surface area contributed by atoms with Crippen molar-refractivity contribution in [2.45, 2.75) is 19.4 Å². The molecule has 0 aliphatic carbocycles. The summed E-state index contributed by atoms with van der Waals surface area (Å²) in [7, 11) is 0. The number of hydrogen-bond acceptors (Lipinski definition) is 5. The molecule has 0 spiro atoms. The minimum Gasteiger partial charge on any atom is -0.420 e. The molecule has 1 aliphatic rings. The molecule has 14 heavy (non-hydrogen) atoms. The number of anilines is 1. The van der Waals surface area contributed by atoms with Gasteiger partial charge in [-0.25, -0.2) is 4.98 Å². The molecule has 2 N–H and O–H groups in total. The van der Waals surface area contributed by atoms with Gasteiger partial charge in [0.25, 0.3) is 6.01 Å². The number of carbonyl (C=O) groups excluding carboxylic acids is 1. The molecule has 1 aliphatic heterocycles. The minimum atomic E-state index is -0.104. The van der Waals surface area contributed by atoms with E-state index in [-0.39, 0.29) is 11.8 Å². The molecule has 1 atom stereocenters. The number of aromatic nitrogens is 1. The highest BCUT2D eigenvalue weighted by Crippen LogP contribution is 2.19. The molecule has 0 aromatic carbocycles. The van der Waals surface area contributed by atoms with Crippen molar-refractivity contribution in [3.63, 3.8) is 0 Å². The molecule has 0 saturated carbocycles. The van der Waals surface area contributed by atoms with Gasteiger partial charge in [-0.05, 0) is 6.42 Å². The van der Waals surface area contributed by atoms with Gasteiger partial charge in [0.15, 0.2) is 11.5 Å². The Hall–Kier alpha value is -1.36. The van der Waals surface area contributed by atoms with Crippen LogP contribution in [0.25, 0.3) is 0 Å². The molecule has 2 heterocycles. The Morgan fingerprint density at radius 2 is 2.57 bits per heavy atom. The zero-order valence-electron chi connectivity index (χ0n) is 8.06. The molecule has 0 amide bonds. The summed E-state index contributed by atoms with van der Waals surface area (Å²) in [6.45, 7) is 3.05. The van der Waals surface area contributed by atoms with Gasteiger partial charge >= 0.3 is 0 Å². The van der Waals surface area contributed by atoms with Gasteiger partial charge in [-0.2, -0.15) is 0 Å². The highest BCUT2D eigenvalue weighted by Gasteiger charge is 2.23. The second-order valence-electron chi connectivity index (χ2n) is 3.56. The number of ketones is 1. The average molecular weight is 195 g/mol. The van der Waals surface area contributed by atoms with Crippen molar-refractivity contribution in [1.29, 1.82) is 0 Å². The van der Waals surface area contributed by atoms with E-state index in [0.717, 1.165) is 19.5 Å². The molecule has 0 bridgehead atoms. The van der Waals surface area contributed by atoms with Crippen molar-refractivity contribution < 1.29 is 9.21 Å². The Bertz CT molecular complexity index is 348. The molecule has 5 nitrogen and oxygen atoms in total. The Labute approximate surface area is 81.9 Å². The van der Waals surface area contributed by atoms with Gasteiger partial charge in [-0.3, -0.25) is 4.79 Å². The summed E-state index contributed by atoms with van der Waals surface area (Å²) in [6.07, 6.45) is 2.40. The van der Waals surface area contributed by atoms with Crippen LogP contribution in [-0.2, 0) is 0 Å². The fourth-order valence-electron chi connectivity index (χ4n) is 1.53. The first-order valence-electron chi connectivity index (χ1n) is 4.64. The van der Waals surface area contributed by atoms with E-state index < -0.39 is 0 Å². The van der Waals surface area contributed by atoms with Gasteiger partial charge in [0, 0.05) is 26.1 Å². The number of hydrogen-bond donors (Lipinski definition) is 1. The molecule has 0 radical (unpaired) electrons. The van der Waals surface area contributed by atoms with Gasteiger partial charge in [0.1, 0.15) is 0 Å². The van der Waals surface area contributed by atoms with Gasteiger partial charge in [-0.1, -0.05) is 0 Å². The Morgan fingerprint density at radius 3 is 3.07 bits per heavy atom. The summed E-state index contributed by atoms with van der Waals surface area (Å²) in [6, 6.07) is 0.686. The minimum absolute atomic E-state index is 0.104. The molecule has 1 fully saturated rings. The lowest BCUT2D eigenvalue weighted by molar-refractivity contribution is 0.0988. The summed E-state index contributed by atoms with van der Waals surface area (Å²) in [5, 5.41) is 0. The molecule has 1 unspecified atom stereocenters. The smallest absolute Gasteiger partial charge is 0.297 e. The van der Waals surface area contributed by atoms with Gasteiger partial charge in [0.05, 0.1) is 6.20 Å². The largest absolute Gasteiger partial charge is 0.420 e. The molecule has 76 valence electrons. The van der Waals surface area contributed by atoms with E-state index >= 15 is 0 Å². The predicted octanol–water partition coefficient (Wildman–Crippen LogP) is 0.415. The topological polar surface area (TPSA) is 72.4 Å². The van der Waals surface area contributed by atoms with Crippen molar-refractivity contribution in [3.05, 3.63) is 12.0 Å². The number of Topliss-reactive ketones (excluding diaryl/α,β-unsaturated/α-hetero) is 1. The standard InChI is InChI=1S/C9H13N3O2/c1-6(13)8-4-11-9(14-8)12-3-2-7(10)5-12/h4,7H,2-3,5,10H2,1H3. The van der Waals surface area contributed by atoms with Crippen LogP contribution in [0.4, 0.5) is 6.01 Å².